The van der Waals surface area contributed by atoms with Crippen molar-refractivity contribution in [3.63, 3.8) is 0 Å². The molecule has 110 valence electrons. The van der Waals surface area contributed by atoms with E-state index in [0.29, 0.717) is 6.42 Å². The van der Waals surface area contributed by atoms with E-state index in [1.54, 1.807) is 25.1 Å². The molecular formula is C13H16Cl2N2O3. The first-order valence-electron chi connectivity index (χ1n) is 6.11. The van der Waals surface area contributed by atoms with Gasteiger partial charge in [0.2, 0.25) is 0 Å². The smallest absolute Gasteiger partial charge is 0.326 e. The molecule has 0 fully saturated rings. The van der Waals surface area contributed by atoms with Crippen LogP contribution in [0.15, 0.2) is 18.2 Å². The summed E-state index contributed by atoms with van der Waals surface area (Å²) >= 11 is 11.8. The quantitative estimate of drug-likeness (QED) is 0.775. The number of nitrogens with one attached hydrogen (secondary N) is 2. The third-order valence-corrected chi connectivity index (χ3v) is 3.60. The lowest BCUT2D eigenvalue weighted by Crippen LogP contribution is -2.46. The number of rotatable bonds is 5. The molecule has 0 spiro atoms. The number of benzene rings is 1. The molecule has 0 aliphatic heterocycles. The molecule has 7 heteroatoms. The van der Waals surface area contributed by atoms with Crippen LogP contribution in [-0.2, 0) is 4.79 Å². The van der Waals surface area contributed by atoms with Gasteiger partial charge in [0.1, 0.15) is 6.04 Å². The van der Waals surface area contributed by atoms with E-state index in [0.717, 1.165) is 0 Å². The molecule has 0 saturated heterocycles. The van der Waals surface area contributed by atoms with Gasteiger partial charge >= 0.3 is 12.0 Å². The van der Waals surface area contributed by atoms with Crippen molar-refractivity contribution in [3.8, 4) is 0 Å². The molecule has 1 aromatic rings. The van der Waals surface area contributed by atoms with Crippen LogP contribution in [0, 0.1) is 5.92 Å². The number of carboxylic acid groups (broad SMARTS) is 1. The molecule has 0 aliphatic carbocycles. The largest absolute Gasteiger partial charge is 0.480 e. The molecule has 0 aromatic heterocycles. The van der Waals surface area contributed by atoms with Crippen LogP contribution in [-0.4, -0.2) is 23.1 Å². The molecule has 2 amide bonds. The van der Waals surface area contributed by atoms with E-state index < -0.39 is 18.0 Å². The number of carbonyl (C=O) groups is 2. The highest BCUT2D eigenvalue weighted by Crippen LogP contribution is 2.29. The van der Waals surface area contributed by atoms with Crippen molar-refractivity contribution in [1.82, 2.24) is 5.32 Å². The fraction of sp³-hybridized carbons (Fsp3) is 0.385. The van der Waals surface area contributed by atoms with E-state index >= 15 is 0 Å². The normalized spacial score (nSPS) is 13.4. The fourth-order valence-corrected chi connectivity index (χ4v) is 2.08. The van der Waals surface area contributed by atoms with Crippen molar-refractivity contribution in [2.75, 3.05) is 5.32 Å². The Kier molecular flexibility index (Phi) is 6.10. The topological polar surface area (TPSA) is 78.4 Å². The van der Waals surface area contributed by atoms with Crippen molar-refractivity contribution < 1.29 is 14.7 Å². The summed E-state index contributed by atoms with van der Waals surface area (Å²) < 4.78 is 0. The third-order valence-electron chi connectivity index (χ3n) is 2.97. The Bertz CT molecular complexity index is 488. The van der Waals surface area contributed by atoms with E-state index in [9.17, 15) is 9.59 Å². The maximum Gasteiger partial charge on any atom is 0.326 e. The lowest BCUT2D eigenvalue weighted by molar-refractivity contribution is -0.140. The predicted octanol–water partition coefficient (Wildman–Crippen LogP) is 3.61. The number of halogens is 2. The van der Waals surface area contributed by atoms with Crippen molar-refractivity contribution in [2.45, 2.75) is 26.3 Å². The van der Waals surface area contributed by atoms with Gasteiger partial charge in [0, 0.05) is 0 Å². The Morgan fingerprint density at radius 1 is 1.30 bits per heavy atom. The van der Waals surface area contributed by atoms with E-state index in [1.165, 1.54) is 0 Å². The molecule has 0 aliphatic rings. The predicted molar refractivity (Wildman–Crippen MR) is 79.5 cm³/mol. The van der Waals surface area contributed by atoms with E-state index in [2.05, 4.69) is 10.6 Å². The lowest BCUT2D eigenvalue weighted by Gasteiger charge is -2.20. The van der Waals surface area contributed by atoms with Gasteiger partial charge in [0.25, 0.3) is 0 Å². The molecule has 0 saturated carbocycles. The molecule has 0 bridgehead atoms. The average molecular weight is 319 g/mol. The Labute approximate surface area is 127 Å². The van der Waals surface area contributed by atoms with Crippen molar-refractivity contribution in [3.05, 3.63) is 28.2 Å². The number of hydrogen-bond donors (Lipinski definition) is 3. The second-order valence-corrected chi connectivity index (χ2v) is 5.21. The van der Waals surface area contributed by atoms with Crippen LogP contribution >= 0.6 is 23.2 Å². The maximum absolute atomic E-state index is 11.8. The Morgan fingerprint density at radius 3 is 2.30 bits per heavy atom. The van der Waals surface area contributed by atoms with Gasteiger partial charge in [-0.25, -0.2) is 9.59 Å². The van der Waals surface area contributed by atoms with Crippen LogP contribution in [0.4, 0.5) is 10.5 Å². The Balaban J connectivity index is 2.79. The number of aliphatic carboxylic acids is 1. The third kappa shape index (κ3) is 4.28. The van der Waals surface area contributed by atoms with Crippen LogP contribution in [0.1, 0.15) is 20.3 Å². The molecule has 1 rings (SSSR count). The monoisotopic (exact) mass is 318 g/mol. The minimum Gasteiger partial charge on any atom is -0.480 e. The number of amides is 2. The number of urea groups is 1. The molecule has 1 aromatic carbocycles. The lowest BCUT2D eigenvalue weighted by atomic mass is 9.99. The Hall–Kier alpha value is -1.46. The molecule has 0 heterocycles. The molecular weight excluding hydrogens is 303 g/mol. The second-order valence-electron chi connectivity index (χ2n) is 4.40. The van der Waals surface area contributed by atoms with Crippen LogP contribution in [0.3, 0.4) is 0 Å². The van der Waals surface area contributed by atoms with Crippen molar-refractivity contribution >= 4 is 40.9 Å². The zero-order valence-corrected chi connectivity index (χ0v) is 12.6. The van der Waals surface area contributed by atoms with Gasteiger partial charge in [0.15, 0.2) is 0 Å². The summed E-state index contributed by atoms with van der Waals surface area (Å²) in [6, 6.07) is 3.17. The summed E-state index contributed by atoms with van der Waals surface area (Å²) in [6.07, 6.45) is 0.629. The number of carboxylic acids is 1. The van der Waals surface area contributed by atoms with Gasteiger partial charge in [-0.15, -0.1) is 0 Å². The van der Waals surface area contributed by atoms with Crippen molar-refractivity contribution in [2.24, 2.45) is 5.92 Å². The average Bonchev–Trinajstić information content (AvgIpc) is 2.39. The fourth-order valence-electron chi connectivity index (χ4n) is 1.59. The van der Waals surface area contributed by atoms with Gasteiger partial charge in [-0.05, 0) is 18.1 Å². The molecule has 3 N–H and O–H groups in total. The maximum atomic E-state index is 11.8. The van der Waals surface area contributed by atoms with Gasteiger partial charge < -0.3 is 15.7 Å². The Morgan fingerprint density at radius 2 is 1.85 bits per heavy atom. The van der Waals surface area contributed by atoms with E-state index in [4.69, 9.17) is 28.3 Å². The summed E-state index contributed by atoms with van der Waals surface area (Å²) in [5.74, 6) is -1.28. The molecule has 20 heavy (non-hydrogen) atoms. The highest BCUT2D eigenvalue weighted by Gasteiger charge is 2.25. The van der Waals surface area contributed by atoms with Crippen LogP contribution in [0.2, 0.25) is 10.0 Å². The van der Waals surface area contributed by atoms with Crippen LogP contribution < -0.4 is 10.6 Å². The summed E-state index contributed by atoms with van der Waals surface area (Å²) in [4.78, 5) is 23.0. The van der Waals surface area contributed by atoms with Gasteiger partial charge in [0.05, 0.1) is 15.7 Å². The SMILES string of the molecule is CC[C@H](C)[C@H](NC(=O)Nc1c(Cl)cccc1Cl)C(=O)O. The zero-order chi connectivity index (χ0) is 15.3. The van der Waals surface area contributed by atoms with E-state index in [-0.39, 0.29) is 21.7 Å². The highest BCUT2D eigenvalue weighted by molar-refractivity contribution is 6.39. The summed E-state index contributed by atoms with van der Waals surface area (Å²) in [6.45, 7) is 3.60. The van der Waals surface area contributed by atoms with Gasteiger partial charge in [-0.2, -0.15) is 0 Å². The van der Waals surface area contributed by atoms with Crippen molar-refractivity contribution in [1.29, 1.82) is 0 Å². The number of anilines is 1. The first-order chi connectivity index (χ1) is 9.36. The second kappa shape index (κ2) is 7.36. The van der Waals surface area contributed by atoms with Crippen LogP contribution in [0.5, 0.6) is 0 Å². The first-order valence-corrected chi connectivity index (χ1v) is 6.86. The first kappa shape index (κ1) is 16.6. The van der Waals surface area contributed by atoms with Gasteiger partial charge in [-0.3, -0.25) is 0 Å². The van der Waals surface area contributed by atoms with Gasteiger partial charge in [-0.1, -0.05) is 49.5 Å². The minimum atomic E-state index is -1.08. The molecule has 5 nitrogen and oxygen atoms in total. The summed E-state index contributed by atoms with van der Waals surface area (Å²) in [7, 11) is 0. The number of hydrogen-bond acceptors (Lipinski definition) is 2. The molecule has 2 atom stereocenters. The zero-order valence-electron chi connectivity index (χ0n) is 11.1. The molecule has 0 radical (unpaired) electrons. The number of para-hydroxylation sites is 1. The summed E-state index contributed by atoms with van der Waals surface area (Å²) in [5.41, 5.74) is 0.252. The number of carbonyl (C=O) groups excluding carboxylic acids is 1. The van der Waals surface area contributed by atoms with Crippen LogP contribution in [0.25, 0.3) is 0 Å². The minimum absolute atomic E-state index is 0.194. The summed E-state index contributed by atoms with van der Waals surface area (Å²) in [5, 5.41) is 14.5. The standard InChI is InChI=1S/C13H16Cl2N2O3/c1-3-7(2)10(12(18)19)16-13(20)17-11-8(14)5-4-6-9(11)15/h4-7,10H,3H2,1-2H3,(H,18,19)(H2,16,17,20)/t7-,10-/m0/s1. The molecule has 0 unspecified atom stereocenters. The van der Waals surface area contributed by atoms with E-state index in [1.807, 2.05) is 6.92 Å². The highest BCUT2D eigenvalue weighted by atomic mass is 35.5.